The third-order valence-electron chi connectivity index (χ3n) is 5.32. The molecule has 0 N–H and O–H groups in total. The minimum atomic E-state index is -0.0678. The van der Waals surface area contributed by atoms with Gasteiger partial charge in [-0.1, -0.05) is 0 Å². The first kappa shape index (κ1) is 21.7. The van der Waals surface area contributed by atoms with Crippen molar-refractivity contribution in [2.45, 2.75) is 26.7 Å². The number of Topliss-reactive ketones (excluding diaryl/α,β-unsaturated/α-hetero) is 1. The van der Waals surface area contributed by atoms with Crippen LogP contribution in [0.3, 0.4) is 0 Å². The zero-order valence-corrected chi connectivity index (χ0v) is 17.8. The molecule has 0 spiro atoms. The molecule has 0 unspecified atom stereocenters. The van der Waals surface area contributed by atoms with Gasteiger partial charge in [-0.25, -0.2) is 0 Å². The molecule has 0 radical (unpaired) electrons. The number of likely N-dealkylation sites (tertiary alicyclic amines) is 1. The van der Waals surface area contributed by atoms with Crippen LogP contribution < -0.4 is 14.2 Å². The van der Waals surface area contributed by atoms with Crippen molar-refractivity contribution in [2.24, 2.45) is 5.92 Å². The molecular weight excluding hydrogens is 382 g/mol. The quantitative estimate of drug-likeness (QED) is 0.609. The van der Waals surface area contributed by atoms with Gasteiger partial charge in [-0.05, 0) is 69.2 Å². The van der Waals surface area contributed by atoms with Crippen LogP contribution in [0.15, 0.2) is 42.5 Å². The summed E-state index contributed by atoms with van der Waals surface area (Å²) in [7, 11) is 1.60. The second kappa shape index (κ2) is 10.1. The maximum atomic E-state index is 13.0. The van der Waals surface area contributed by atoms with Crippen molar-refractivity contribution in [1.82, 2.24) is 4.90 Å². The number of ether oxygens (including phenoxy) is 3. The predicted octanol–water partition coefficient (Wildman–Crippen LogP) is 4.23. The van der Waals surface area contributed by atoms with Crippen molar-refractivity contribution in [2.75, 3.05) is 33.4 Å². The molecule has 1 heterocycles. The third-order valence-corrected chi connectivity index (χ3v) is 5.32. The Morgan fingerprint density at radius 1 is 0.900 bits per heavy atom. The van der Waals surface area contributed by atoms with Crippen molar-refractivity contribution >= 4 is 11.7 Å². The van der Waals surface area contributed by atoms with Crippen LogP contribution in [-0.2, 0) is 0 Å². The van der Waals surface area contributed by atoms with E-state index in [1.165, 1.54) is 0 Å². The average molecular weight is 411 g/mol. The molecule has 30 heavy (non-hydrogen) atoms. The average Bonchev–Trinajstić information content (AvgIpc) is 2.80. The Kier molecular flexibility index (Phi) is 7.33. The highest BCUT2D eigenvalue weighted by Gasteiger charge is 2.28. The molecule has 0 saturated carbocycles. The second-order valence-corrected chi connectivity index (χ2v) is 7.19. The molecule has 6 heteroatoms. The number of amides is 1. The van der Waals surface area contributed by atoms with Gasteiger partial charge in [-0.2, -0.15) is 0 Å². The topological polar surface area (TPSA) is 65.1 Å². The number of carbonyl (C=O) groups excluding carboxylic acids is 2. The van der Waals surface area contributed by atoms with Gasteiger partial charge in [0, 0.05) is 30.1 Å². The fourth-order valence-corrected chi connectivity index (χ4v) is 3.70. The van der Waals surface area contributed by atoms with E-state index in [4.69, 9.17) is 14.2 Å². The largest absolute Gasteiger partial charge is 0.497 e. The van der Waals surface area contributed by atoms with E-state index in [9.17, 15) is 9.59 Å². The van der Waals surface area contributed by atoms with Gasteiger partial charge >= 0.3 is 0 Å². The normalized spacial score (nSPS) is 14.3. The Bertz CT molecular complexity index is 870. The van der Waals surface area contributed by atoms with Crippen LogP contribution >= 0.6 is 0 Å². The van der Waals surface area contributed by atoms with Crippen molar-refractivity contribution in [1.29, 1.82) is 0 Å². The summed E-state index contributed by atoms with van der Waals surface area (Å²) in [6.45, 7) is 5.95. The third kappa shape index (κ3) is 4.93. The smallest absolute Gasteiger partial charge is 0.253 e. The van der Waals surface area contributed by atoms with E-state index in [1.807, 2.05) is 18.7 Å². The van der Waals surface area contributed by atoms with E-state index in [0.29, 0.717) is 61.8 Å². The SMILES string of the molecule is CCOc1ccc(C(=O)N2CCC(C(=O)c3ccc(OC)cc3)CC2)cc1OCC. The molecule has 2 aromatic carbocycles. The standard InChI is InChI=1S/C24H29NO5/c1-4-29-21-11-8-19(16-22(21)30-5-2)24(27)25-14-12-18(13-15-25)23(26)17-6-9-20(28-3)10-7-17/h6-11,16,18H,4-5,12-15H2,1-3H3. The van der Waals surface area contributed by atoms with Crippen molar-refractivity contribution < 1.29 is 23.8 Å². The zero-order chi connectivity index (χ0) is 21.5. The molecule has 0 bridgehead atoms. The van der Waals surface area contributed by atoms with Gasteiger partial charge < -0.3 is 19.1 Å². The minimum Gasteiger partial charge on any atom is -0.497 e. The fraction of sp³-hybridized carbons (Fsp3) is 0.417. The van der Waals surface area contributed by atoms with Crippen LogP contribution in [0.5, 0.6) is 17.2 Å². The lowest BCUT2D eigenvalue weighted by molar-refractivity contribution is 0.0650. The fourth-order valence-electron chi connectivity index (χ4n) is 3.70. The number of benzene rings is 2. The highest BCUT2D eigenvalue weighted by molar-refractivity contribution is 5.98. The van der Waals surface area contributed by atoms with E-state index < -0.39 is 0 Å². The Hall–Kier alpha value is -3.02. The molecule has 0 atom stereocenters. The maximum absolute atomic E-state index is 13.0. The highest BCUT2D eigenvalue weighted by atomic mass is 16.5. The maximum Gasteiger partial charge on any atom is 0.253 e. The molecular formula is C24H29NO5. The van der Waals surface area contributed by atoms with Crippen LogP contribution in [0.1, 0.15) is 47.4 Å². The van der Waals surface area contributed by atoms with Crippen LogP contribution in [0.4, 0.5) is 0 Å². The number of methoxy groups -OCH3 is 1. The molecule has 1 aliphatic rings. The first-order chi connectivity index (χ1) is 14.6. The van der Waals surface area contributed by atoms with E-state index in [2.05, 4.69) is 0 Å². The van der Waals surface area contributed by atoms with Gasteiger partial charge in [0.25, 0.3) is 5.91 Å². The summed E-state index contributed by atoms with van der Waals surface area (Å²) in [5.41, 5.74) is 1.26. The summed E-state index contributed by atoms with van der Waals surface area (Å²) in [6, 6.07) is 12.5. The summed E-state index contributed by atoms with van der Waals surface area (Å²) < 4.78 is 16.4. The molecule has 1 saturated heterocycles. The number of ketones is 1. The zero-order valence-electron chi connectivity index (χ0n) is 17.8. The van der Waals surface area contributed by atoms with Crippen LogP contribution in [0.25, 0.3) is 0 Å². The van der Waals surface area contributed by atoms with E-state index in [1.54, 1.807) is 49.6 Å². The van der Waals surface area contributed by atoms with Gasteiger partial charge in [0.2, 0.25) is 0 Å². The Balaban J connectivity index is 1.63. The van der Waals surface area contributed by atoms with Crippen molar-refractivity contribution in [3.05, 3.63) is 53.6 Å². The monoisotopic (exact) mass is 411 g/mol. The molecule has 6 nitrogen and oxygen atoms in total. The van der Waals surface area contributed by atoms with Crippen LogP contribution in [-0.4, -0.2) is 50.0 Å². The number of carbonyl (C=O) groups is 2. The number of nitrogens with zero attached hydrogens (tertiary/aromatic N) is 1. The van der Waals surface area contributed by atoms with Gasteiger partial charge in [0.1, 0.15) is 5.75 Å². The number of rotatable bonds is 8. The van der Waals surface area contributed by atoms with Crippen LogP contribution in [0, 0.1) is 5.92 Å². The predicted molar refractivity (Wildman–Crippen MR) is 115 cm³/mol. The Morgan fingerprint density at radius 3 is 2.10 bits per heavy atom. The second-order valence-electron chi connectivity index (χ2n) is 7.19. The van der Waals surface area contributed by atoms with Gasteiger partial charge in [-0.3, -0.25) is 9.59 Å². The summed E-state index contributed by atoms with van der Waals surface area (Å²) in [5.74, 6) is 1.96. The Morgan fingerprint density at radius 2 is 1.50 bits per heavy atom. The molecule has 1 amide bonds. The lowest BCUT2D eigenvalue weighted by atomic mass is 9.88. The molecule has 0 aromatic heterocycles. The number of hydrogen-bond donors (Lipinski definition) is 0. The van der Waals surface area contributed by atoms with Gasteiger partial charge in [0.05, 0.1) is 20.3 Å². The summed E-state index contributed by atoms with van der Waals surface area (Å²) >= 11 is 0. The number of piperidine rings is 1. The molecule has 160 valence electrons. The molecule has 0 aliphatic carbocycles. The van der Waals surface area contributed by atoms with Gasteiger partial charge in [-0.15, -0.1) is 0 Å². The lowest BCUT2D eigenvalue weighted by Gasteiger charge is -2.31. The molecule has 2 aromatic rings. The van der Waals surface area contributed by atoms with Crippen LogP contribution in [0.2, 0.25) is 0 Å². The van der Waals surface area contributed by atoms with E-state index in [0.717, 1.165) is 5.75 Å². The first-order valence-electron chi connectivity index (χ1n) is 10.4. The lowest BCUT2D eigenvalue weighted by Crippen LogP contribution is -2.40. The summed E-state index contributed by atoms with van der Waals surface area (Å²) in [5, 5.41) is 0. The van der Waals surface area contributed by atoms with Crippen molar-refractivity contribution in [3.8, 4) is 17.2 Å². The molecule has 3 rings (SSSR count). The highest BCUT2D eigenvalue weighted by Crippen LogP contribution is 2.30. The van der Waals surface area contributed by atoms with E-state index in [-0.39, 0.29) is 17.6 Å². The van der Waals surface area contributed by atoms with Crippen molar-refractivity contribution in [3.63, 3.8) is 0 Å². The first-order valence-corrected chi connectivity index (χ1v) is 10.4. The Labute approximate surface area is 177 Å². The minimum absolute atomic E-state index is 0.0469. The van der Waals surface area contributed by atoms with Gasteiger partial charge in [0.15, 0.2) is 17.3 Å². The van der Waals surface area contributed by atoms with E-state index >= 15 is 0 Å². The number of hydrogen-bond acceptors (Lipinski definition) is 5. The summed E-state index contributed by atoms with van der Waals surface area (Å²) in [4.78, 5) is 27.6. The molecule has 1 fully saturated rings. The summed E-state index contributed by atoms with van der Waals surface area (Å²) in [6.07, 6.45) is 1.32. The molecule has 1 aliphatic heterocycles.